The summed E-state index contributed by atoms with van der Waals surface area (Å²) >= 11 is 0. The van der Waals surface area contributed by atoms with Gasteiger partial charge in [-0.05, 0) is 45.7 Å². The summed E-state index contributed by atoms with van der Waals surface area (Å²) in [6.07, 6.45) is -0.198. The number of nitrogens with zero attached hydrogens (tertiary/aromatic N) is 3. The van der Waals surface area contributed by atoms with E-state index in [2.05, 4.69) is 15.7 Å². The van der Waals surface area contributed by atoms with Crippen molar-refractivity contribution in [1.82, 2.24) is 20.4 Å². The van der Waals surface area contributed by atoms with E-state index in [4.69, 9.17) is 4.74 Å². The number of aryl methyl sites for hydroxylation is 1. The predicted octanol–water partition coefficient (Wildman–Crippen LogP) is 3.11. The van der Waals surface area contributed by atoms with Crippen LogP contribution in [-0.4, -0.2) is 46.4 Å². The summed E-state index contributed by atoms with van der Waals surface area (Å²) in [5.74, 6) is -4.19. The molecule has 194 valence electrons. The van der Waals surface area contributed by atoms with Gasteiger partial charge in [-0.3, -0.25) is 14.5 Å². The van der Waals surface area contributed by atoms with E-state index in [1.807, 2.05) is 0 Å². The number of nitrogens with one attached hydrogen (secondary N) is 2. The van der Waals surface area contributed by atoms with Crippen LogP contribution in [0, 0.1) is 24.4 Å². The lowest BCUT2D eigenvalue weighted by molar-refractivity contribution is -0.118. The fraction of sp³-hybridized carbons (Fsp3) is 0.417. The van der Waals surface area contributed by atoms with Gasteiger partial charge in [-0.15, -0.1) is 0 Å². The SMILES string of the molecule is CNC(=O)C1=CN(C(=O)C[C@H](Cc2cc(F)c(F)cc2F)NC(=O)OC(C)(C)C)c2cc(C)nn2C1. The van der Waals surface area contributed by atoms with Gasteiger partial charge in [0, 0.05) is 37.8 Å². The molecule has 0 unspecified atom stereocenters. The Bertz CT molecular complexity index is 1220. The second-order valence-corrected chi connectivity index (χ2v) is 9.41. The molecule has 1 aliphatic rings. The molecule has 0 saturated heterocycles. The highest BCUT2D eigenvalue weighted by atomic mass is 19.2. The maximum absolute atomic E-state index is 14.4. The number of benzene rings is 1. The highest BCUT2D eigenvalue weighted by Gasteiger charge is 2.30. The van der Waals surface area contributed by atoms with Crippen LogP contribution in [0.25, 0.3) is 0 Å². The number of fused-ring (bicyclic) bond motifs is 1. The minimum Gasteiger partial charge on any atom is -0.444 e. The zero-order valence-electron chi connectivity index (χ0n) is 20.6. The van der Waals surface area contributed by atoms with Gasteiger partial charge in [0.2, 0.25) is 11.8 Å². The topological polar surface area (TPSA) is 106 Å². The largest absolute Gasteiger partial charge is 0.444 e. The van der Waals surface area contributed by atoms with Crippen LogP contribution in [0.15, 0.2) is 30.0 Å². The van der Waals surface area contributed by atoms with Gasteiger partial charge in [-0.1, -0.05) is 0 Å². The van der Waals surface area contributed by atoms with Gasteiger partial charge < -0.3 is 15.4 Å². The average Bonchev–Trinajstić information content (AvgIpc) is 3.14. The maximum atomic E-state index is 14.4. The number of rotatable bonds is 6. The van der Waals surface area contributed by atoms with Crippen molar-refractivity contribution < 1.29 is 32.3 Å². The third-order valence-electron chi connectivity index (χ3n) is 5.22. The molecule has 1 aromatic carbocycles. The van der Waals surface area contributed by atoms with E-state index >= 15 is 0 Å². The van der Waals surface area contributed by atoms with E-state index in [9.17, 15) is 27.6 Å². The lowest BCUT2D eigenvalue weighted by Gasteiger charge is -2.28. The average molecular weight is 508 g/mol. The van der Waals surface area contributed by atoms with Crippen molar-refractivity contribution in [3.63, 3.8) is 0 Å². The standard InChI is InChI=1S/C24H28F3N5O4/c1-13-6-20-31(11-15(22(34)28-5)12-32(20)30-13)21(33)9-16(29-23(35)36-24(2,3)4)7-14-8-18(26)19(27)10-17(14)25/h6,8,10-11,16H,7,9,12H2,1-5H3,(H,28,34)(H,29,35)/t16-/m0/s1. The van der Waals surface area contributed by atoms with Crippen LogP contribution in [0.4, 0.5) is 23.8 Å². The van der Waals surface area contributed by atoms with Crippen molar-refractivity contribution in [3.8, 4) is 0 Å². The molecule has 0 aliphatic carbocycles. The summed E-state index contributed by atoms with van der Waals surface area (Å²) in [4.78, 5) is 39.3. The van der Waals surface area contributed by atoms with E-state index in [0.29, 0.717) is 23.6 Å². The number of halogens is 3. The Morgan fingerprint density at radius 1 is 1.11 bits per heavy atom. The number of alkyl carbamates (subject to hydrolysis) is 1. The van der Waals surface area contributed by atoms with Gasteiger partial charge in [0.1, 0.15) is 17.2 Å². The number of hydrogen-bond acceptors (Lipinski definition) is 5. The molecule has 2 heterocycles. The molecule has 36 heavy (non-hydrogen) atoms. The summed E-state index contributed by atoms with van der Waals surface area (Å²) in [7, 11) is 1.45. The van der Waals surface area contributed by atoms with E-state index in [-0.39, 0.29) is 30.5 Å². The van der Waals surface area contributed by atoms with Gasteiger partial charge in [-0.2, -0.15) is 5.10 Å². The second-order valence-electron chi connectivity index (χ2n) is 9.41. The van der Waals surface area contributed by atoms with Crippen LogP contribution < -0.4 is 15.5 Å². The van der Waals surface area contributed by atoms with Crippen LogP contribution in [0.2, 0.25) is 0 Å². The first-order chi connectivity index (χ1) is 16.8. The van der Waals surface area contributed by atoms with E-state index in [1.165, 1.54) is 22.8 Å². The first kappa shape index (κ1) is 26.8. The molecule has 3 amide bonds. The highest BCUT2D eigenvalue weighted by Crippen LogP contribution is 2.26. The molecule has 12 heteroatoms. The van der Waals surface area contributed by atoms with Crippen molar-refractivity contribution in [2.24, 2.45) is 0 Å². The Hall–Kier alpha value is -3.83. The monoisotopic (exact) mass is 507 g/mol. The third kappa shape index (κ3) is 6.43. The minimum atomic E-state index is -1.35. The number of ether oxygens (including phenoxy) is 1. The molecule has 2 N–H and O–H groups in total. The summed E-state index contributed by atoms with van der Waals surface area (Å²) in [6.45, 7) is 6.80. The summed E-state index contributed by atoms with van der Waals surface area (Å²) < 4.78 is 48.3. The lowest BCUT2D eigenvalue weighted by atomic mass is 10.0. The summed E-state index contributed by atoms with van der Waals surface area (Å²) in [5.41, 5.74) is -0.205. The highest BCUT2D eigenvalue weighted by molar-refractivity contribution is 6.00. The Morgan fingerprint density at radius 3 is 2.42 bits per heavy atom. The molecular weight excluding hydrogens is 479 g/mol. The van der Waals surface area contributed by atoms with E-state index in [0.717, 1.165) is 0 Å². The Labute approximate surface area is 206 Å². The van der Waals surface area contributed by atoms with Crippen LogP contribution in [0.3, 0.4) is 0 Å². The molecule has 0 fully saturated rings. The maximum Gasteiger partial charge on any atom is 0.407 e. The molecule has 2 aromatic rings. The minimum absolute atomic E-state index is 0.145. The summed E-state index contributed by atoms with van der Waals surface area (Å²) in [5, 5.41) is 9.32. The molecule has 0 saturated carbocycles. The predicted molar refractivity (Wildman–Crippen MR) is 124 cm³/mol. The number of likely N-dealkylation sites (N-methyl/N-ethyl adjacent to an activating group) is 1. The van der Waals surface area contributed by atoms with Gasteiger partial charge >= 0.3 is 6.09 Å². The van der Waals surface area contributed by atoms with Crippen LogP contribution in [0.1, 0.15) is 38.4 Å². The normalized spacial score (nSPS) is 14.0. The zero-order valence-corrected chi connectivity index (χ0v) is 20.6. The van der Waals surface area contributed by atoms with E-state index in [1.54, 1.807) is 33.8 Å². The summed E-state index contributed by atoms with van der Waals surface area (Å²) in [6, 6.07) is 1.69. The first-order valence-electron chi connectivity index (χ1n) is 11.2. The molecule has 1 aromatic heterocycles. The number of amides is 3. The molecule has 1 atom stereocenters. The number of aromatic nitrogens is 2. The van der Waals surface area contributed by atoms with Crippen LogP contribution in [0.5, 0.6) is 0 Å². The number of carbonyl (C=O) groups is 3. The van der Waals surface area contributed by atoms with Crippen LogP contribution in [-0.2, 0) is 27.3 Å². The third-order valence-corrected chi connectivity index (χ3v) is 5.22. The van der Waals surface area contributed by atoms with Crippen molar-refractivity contribution in [2.45, 2.75) is 58.7 Å². The number of anilines is 1. The van der Waals surface area contributed by atoms with Gasteiger partial charge in [0.05, 0.1) is 17.8 Å². The van der Waals surface area contributed by atoms with Gasteiger partial charge in [0.15, 0.2) is 11.6 Å². The molecule has 0 spiro atoms. The zero-order chi connectivity index (χ0) is 26.8. The fourth-order valence-electron chi connectivity index (χ4n) is 3.70. The smallest absolute Gasteiger partial charge is 0.407 e. The Morgan fingerprint density at radius 2 is 1.78 bits per heavy atom. The first-order valence-corrected chi connectivity index (χ1v) is 11.2. The molecule has 3 rings (SSSR count). The molecule has 1 aliphatic heterocycles. The Kier molecular flexibility index (Phi) is 7.75. The number of carbonyl (C=O) groups excluding carboxylic acids is 3. The second kappa shape index (κ2) is 10.4. The van der Waals surface area contributed by atoms with Crippen molar-refractivity contribution in [3.05, 3.63) is 58.7 Å². The molecular formula is C24H28F3N5O4. The lowest BCUT2D eigenvalue weighted by Crippen LogP contribution is -2.44. The quantitative estimate of drug-likeness (QED) is 0.585. The number of hydrogen-bond donors (Lipinski definition) is 2. The fourth-order valence-corrected chi connectivity index (χ4v) is 3.70. The molecule has 9 nitrogen and oxygen atoms in total. The van der Waals surface area contributed by atoms with Crippen molar-refractivity contribution >= 4 is 23.7 Å². The van der Waals surface area contributed by atoms with Crippen molar-refractivity contribution in [2.75, 3.05) is 11.9 Å². The van der Waals surface area contributed by atoms with Crippen molar-refractivity contribution in [1.29, 1.82) is 0 Å². The Balaban J connectivity index is 1.91. The van der Waals surface area contributed by atoms with E-state index < -0.39 is 47.0 Å². The molecule has 0 bridgehead atoms. The molecule has 0 radical (unpaired) electrons. The van der Waals surface area contributed by atoms with Crippen LogP contribution >= 0.6 is 0 Å². The van der Waals surface area contributed by atoms with Gasteiger partial charge in [0.25, 0.3) is 0 Å². The van der Waals surface area contributed by atoms with Gasteiger partial charge in [-0.25, -0.2) is 22.6 Å².